The number of benzene rings is 1. The smallest absolute Gasteiger partial charge is 0.144 e. The molecule has 1 aromatic rings. The van der Waals surface area contributed by atoms with Crippen molar-refractivity contribution < 1.29 is 4.74 Å². The first-order valence-electron chi connectivity index (χ1n) is 15.5. The predicted molar refractivity (Wildman–Crippen MR) is 153 cm³/mol. The van der Waals surface area contributed by atoms with Crippen LogP contribution in [0.4, 0.5) is 11.4 Å². The molecule has 5 rings (SSSR count). The topological polar surface area (TPSA) is 61.3 Å². The second-order valence-corrected chi connectivity index (χ2v) is 14.2. The summed E-state index contributed by atoms with van der Waals surface area (Å²) in [6, 6.07) is 5.67. The zero-order chi connectivity index (χ0) is 25.5. The van der Waals surface area contributed by atoms with Gasteiger partial charge in [0.1, 0.15) is 5.75 Å². The van der Waals surface area contributed by atoms with Crippen LogP contribution in [0.3, 0.4) is 0 Å². The van der Waals surface area contributed by atoms with Gasteiger partial charge in [-0.1, -0.05) is 59.4 Å². The van der Waals surface area contributed by atoms with Crippen molar-refractivity contribution in [3.63, 3.8) is 0 Å². The van der Waals surface area contributed by atoms with Crippen molar-refractivity contribution in [1.82, 2.24) is 0 Å². The van der Waals surface area contributed by atoms with Crippen LogP contribution in [-0.2, 0) is 0 Å². The summed E-state index contributed by atoms with van der Waals surface area (Å²) in [6.45, 7) is 11.1. The number of nitrogens with two attached hydrogens (primary N) is 2. The largest absolute Gasteiger partial charge is 0.491 e. The van der Waals surface area contributed by atoms with Gasteiger partial charge in [-0.05, 0) is 122 Å². The molecule has 9 atom stereocenters. The number of hydrogen-bond donors (Lipinski definition) is 2. The molecule has 0 aliphatic heterocycles. The van der Waals surface area contributed by atoms with Crippen molar-refractivity contribution in [2.45, 2.75) is 111 Å². The second kappa shape index (κ2) is 10.4. The van der Waals surface area contributed by atoms with E-state index in [-0.39, 0.29) is 0 Å². The van der Waals surface area contributed by atoms with Crippen molar-refractivity contribution in [2.75, 3.05) is 18.1 Å². The Morgan fingerprint density at radius 1 is 0.889 bits per heavy atom. The Kier molecular flexibility index (Phi) is 7.59. The van der Waals surface area contributed by atoms with E-state index < -0.39 is 0 Å². The molecule has 3 nitrogen and oxygen atoms in total. The summed E-state index contributed by atoms with van der Waals surface area (Å²) < 4.78 is 6.01. The molecule has 36 heavy (non-hydrogen) atoms. The van der Waals surface area contributed by atoms with Crippen molar-refractivity contribution >= 4 is 11.4 Å². The zero-order valence-corrected chi connectivity index (χ0v) is 23.7. The number of hydrogen-bond acceptors (Lipinski definition) is 3. The lowest BCUT2D eigenvalue weighted by Gasteiger charge is -2.61. The molecule has 0 bridgehead atoms. The molecule has 0 spiro atoms. The average Bonchev–Trinajstić information content (AvgIpc) is 3.22. The highest BCUT2D eigenvalue weighted by Gasteiger charge is 2.60. The molecule has 0 radical (unpaired) electrons. The molecular formula is C33H54N2O. The van der Waals surface area contributed by atoms with E-state index in [2.05, 4.69) is 27.7 Å². The molecule has 4 aliphatic rings. The van der Waals surface area contributed by atoms with E-state index in [4.69, 9.17) is 16.2 Å². The fourth-order valence-electron chi connectivity index (χ4n) is 10.3. The van der Waals surface area contributed by atoms with Gasteiger partial charge >= 0.3 is 0 Å². The number of fused-ring (bicyclic) bond motifs is 5. The van der Waals surface area contributed by atoms with E-state index >= 15 is 0 Å². The molecule has 0 aromatic heterocycles. The highest BCUT2D eigenvalue weighted by molar-refractivity contribution is 5.70. The van der Waals surface area contributed by atoms with E-state index in [1.807, 2.05) is 18.2 Å². The number of anilines is 2. The fraction of sp³-hybridized carbons (Fsp3) is 0.818. The van der Waals surface area contributed by atoms with Gasteiger partial charge in [0.25, 0.3) is 0 Å². The van der Waals surface area contributed by atoms with Gasteiger partial charge in [0.15, 0.2) is 0 Å². The van der Waals surface area contributed by atoms with E-state index in [1.54, 1.807) is 6.42 Å². The van der Waals surface area contributed by atoms with Crippen LogP contribution in [0.15, 0.2) is 18.2 Å². The monoisotopic (exact) mass is 494 g/mol. The van der Waals surface area contributed by atoms with Gasteiger partial charge in [-0.3, -0.25) is 0 Å². The second-order valence-electron chi connectivity index (χ2n) is 14.2. The average molecular weight is 495 g/mol. The Morgan fingerprint density at radius 3 is 2.53 bits per heavy atom. The van der Waals surface area contributed by atoms with E-state index in [0.717, 1.165) is 41.3 Å². The standard InChI is InChI=1S/C33H54N2O/c1-22(21-36-30-13-8-12-29(34)31(30)35)9-7-10-23(2)26-16-17-27-25-15-14-24-11-5-6-19-32(24,3)28(25)18-20-33(26,27)4/h8,12-13,22-28H,5-7,9-11,14-21,34-35H2,1-4H3/t22?,23?,24?,25-,26+,27-,28-,32-,33+/m0/s1. The third kappa shape index (κ3) is 4.66. The number of ether oxygens (including phenoxy) is 1. The lowest BCUT2D eigenvalue weighted by Crippen LogP contribution is -2.53. The van der Waals surface area contributed by atoms with Crippen LogP contribution in [0, 0.1) is 52.3 Å². The molecule has 4 N–H and O–H groups in total. The first kappa shape index (κ1) is 26.2. The molecule has 3 heteroatoms. The quantitative estimate of drug-likeness (QED) is 0.355. The van der Waals surface area contributed by atoms with Crippen LogP contribution < -0.4 is 16.2 Å². The van der Waals surface area contributed by atoms with Gasteiger partial charge in [0.05, 0.1) is 18.0 Å². The number of rotatable bonds is 8. The van der Waals surface area contributed by atoms with Crippen LogP contribution >= 0.6 is 0 Å². The summed E-state index contributed by atoms with van der Waals surface area (Å²) in [5, 5.41) is 0. The molecule has 1 aromatic carbocycles. The van der Waals surface area contributed by atoms with Crippen molar-refractivity contribution in [2.24, 2.45) is 52.3 Å². The molecule has 0 amide bonds. The van der Waals surface area contributed by atoms with Gasteiger partial charge in [-0.15, -0.1) is 0 Å². The van der Waals surface area contributed by atoms with Crippen LogP contribution in [0.25, 0.3) is 0 Å². The minimum Gasteiger partial charge on any atom is -0.491 e. The van der Waals surface area contributed by atoms with Crippen LogP contribution in [0.1, 0.15) is 111 Å². The van der Waals surface area contributed by atoms with Crippen molar-refractivity contribution in [1.29, 1.82) is 0 Å². The summed E-state index contributed by atoms with van der Waals surface area (Å²) in [6.07, 6.45) is 19.0. The minimum atomic E-state index is 0.534. The Hall–Kier alpha value is -1.38. The first-order valence-corrected chi connectivity index (χ1v) is 15.5. The Bertz CT molecular complexity index is 900. The lowest BCUT2D eigenvalue weighted by atomic mass is 9.44. The Balaban J connectivity index is 1.13. The van der Waals surface area contributed by atoms with Crippen LogP contribution in [0.5, 0.6) is 5.75 Å². The summed E-state index contributed by atoms with van der Waals surface area (Å²) in [7, 11) is 0. The Morgan fingerprint density at radius 2 is 1.69 bits per heavy atom. The molecule has 4 aliphatic carbocycles. The fourth-order valence-corrected chi connectivity index (χ4v) is 10.3. The minimum absolute atomic E-state index is 0.534. The van der Waals surface area contributed by atoms with Gasteiger partial charge < -0.3 is 16.2 Å². The maximum atomic E-state index is 6.07. The normalized spacial score (nSPS) is 39.5. The molecule has 4 saturated carbocycles. The first-order chi connectivity index (χ1) is 17.2. The summed E-state index contributed by atoms with van der Waals surface area (Å²) >= 11 is 0. The van der Waals surface area contributed by atoms with Crippen molar-refractivity contribution in [3.8, 4) is 5.75 Å². The van der Waals surface area contributed by atoms with E-state index in [0.29, 0.717) is 34.7 Å². The molecule has 0 saturated heterocycles. The summed E-state index contributed by atoms with van der Waals surface area (Å²) in [5.74, 6) is 7.12. The third-order valence-corrected chi connectivity index (χ3v) is 12.3. The molecular weight excluding hydrogens is 440 g/mol. The van der Waals surface area contributed by atoms with Gasteiger partial charge in [-0.25, -0.2) is 0 Å². The predicted octanol–water partition coefficient (Wildman–Crippen LogP) is 8.72. The van der Waals surface area contributed by atoms with E-state index in [1.165, 1.54) is 77.0 Å². The lowest BCUT2D eigenvalue weighted by molar-refractivity contribution is -0.114. The highest BCUT2D eigenvalue weighted by atomic mass is 16.5. The highest BCUT2D eigenvalue weighted by Crippen LogP contribution is 2.68. The van der Waals surface area contributed by atoms with E-state index in [9.17, 15) is 0 Å². The van der Waals surface area contributed by atoms with Crippen LogP contribution in [-0.4, -0.2) is 6.61 Å². The maximum Gasteiger partial charge on any atom is 0.144 e. The van der Waals surface area contributed by atoms with Gasteiger partial charge in [0.2, 0.25) is 0 Å². The SMILES string of the molecule is CC(CCCC(C)[C@H]1CC[C@H]2[C@@H]3CCC4CCCC[C@]4(C)[C@H]3CC[C@]12C)COc1cccc(N)c1N. The van der Waals surface area contributed by atoms with Gasteiger partial charge in [0, 0.05) is 0 Å². The summed E-state index contributed by atoms with van der Waals surface area (Å²) in [5.41, 5.74) is 14.4. The van der Waals surface area contributed by atoms with Gasteiger partial charge in [-0.2, -0.15) is 0 Å². The zero-order valence-electron chi connectivity index (χ0n) is 23.7. The molecule has 202 valence electrons. The third-order valence-electron chi connectivity index (χ3n) is 12.3. The number of nitrogen functional groups attached to an aromatic ring is 2. The molecule has 4 fully saturated rings. The van der Waals surface area contributed by atoms with Crippen molar-refractivity contribution in [3.05, 3.63) is 18.2 Å². The number of para-hydroxylation sites is 1. The summed E-state index contributed by atoms with van der Waals surface area (Å²) in [4.78, 5) is 0. The van der Waals surface area contributed by atoms with Crippen LogP contribution in [0.2, 0.25) is 0 Å². The maximum absolute atomic E-state index is 6.07. The Labute approximate surface area is 221 Å². The molecule has 0 heterocycles. The molecule has 3 unspecified atom stereocenters.